The lowest BCUT2D eigenvalue weighted by molar-refractivity contribution is -0.135. The highest BCUT2D eigenvalue weighted by Gasteiger charge is 2.26. The van der Waals surface area contributed by atoms with Gasteiger partial charge in [0, 0.05) is 18.2 Å². The van der Waals surface area contributed by atoms with Crippen LogP contribution in [-0.4, -0.2) is 17.3 Å². The first kappa shape index (κ1) is 14.7. The molecule has 0 aliphatic carbocycles. The molecule has 2 N–H and O–H groups in total. The summed E-state index contributed by atoms with van der Waals surface area (Å²) in [7, 11) is 0. The molecule has 0 aliphatic rings. The molecule has 0 amide bonds. The second-order valence-corrected chi connectivity index (χ2v) is 4.55. The number of nitrogens with one attached hydrogen (secondary N) is 1. The van der Waals surface area contributed by atoms with Crippen LogP contribution in [0.2, 0.25) is 0 Å². The lowest BCUT2D eigenvalue weighted by atomic mass is 10.1. The Bertz CT molecular complexity index is 390. The molecule has 1 rings (SSSR count). The van der Waals surface area contributed by atoms with E-state index in [2.05, 4.69) is 5.32 Å². The van der Waals surface area contributed by atoms with Crippen LogP contribution < -0.4 is 5.32 Å². The van der Waals surface area contributed by atoms with E-state index < -0.39 is 12.6 Å². The standard InChI is InChI=1S/C13H18F3NO/c1-9-8-11(5-6-12(9)18)17-10(2)4-3-7-13(14,15)16/h5-6,8,10,17-18H,3-4,7H2,1-2H3. The summed E-state index contributed by atoms with van der Waals surface area (Å²) in [6, 6.07) is 5.02. The molecule has 0 radical (unpaired) electrons. The second kappa shape index (κ2) is 5.98. The summed E-state index contributed by atoms with van der Waals surface area (Å²) in [5.41, 5.74) is 1.55. The Hall–Kier alpha value is -1.39. The third-order valence-corrected chi connectivity index (χ3v) is 2.71. The van der Waals surface area contributed by atoms with E-state index in [0.29, 0.717) is 6.42 Å². The summed E-state index contributed by atoms with van der Waals surface area (Å²) in [5, 5.41) is 12.5. The number of aromatic hydroxyl groups is 1. The Kier molecular flexibility index (Phi) is 4.87. The van der Waals surface area contributed by atoms with E-state index in [4.69, 9.17) is 0 Å². The summed E-state index contributed by atoms with van der Waals surface area (Å²) in [6.45, 7) is 3.62. The number of phenols is 1. The molecule has 1 aromatic carbocycles. The lowest BCUT2D eigenvalue weighted by Crippen LogP contribution is -2.16. The summed E-state index contributed by atoms with van der Waals surface area (Å²) in [5.74, 6) is 0.213. The summed E-state index contributed by atoms with van der Waals surface area (Å²) in [6.07, 6.45) is -4.24. The quantitative estimate of drug-likeness (QED) is 0.777. The zero-order chi connectivity index (χ0) is 13.8. The van der Waals surface area contributed by atoms with Gasteiger partial charge < -0.3 is 10.4 Å². The van der Waals surface area contributed by atoms with Gasteiger partial charge in [-0.15, -0.1) is 0 Å². The third kappa shape index (κ3) is 5.29. The van der Waals surface area contributed by atoms with Crippen LogP contribution in [0.1, 0.15) is 31.7 Å². The zero-order valence-corrected chi connectivity index (χ0v) is 10.5. The van der Waals surface area contributed by atoms with Gasteiger partial charge in [0.25, 0.3) is 0 Å². The molecule has 102 valence electrons. The Morgan fingerprint density at radius 3 is 2.56 bits per heavy atom. The number of alkyl halides is 3. The van der Waals surface area contributed by atoms with Crippen molar-refractivity contribution in [2.75, 3.05) is 5.32 Å². The molecular weight excluding hydrogens is 243 g/mol. The van der Waals surface area contributed by atoms with Gasteiger partial charge in [-0.3, -0.25) is 0 Å². The highest BCUT2D eigenvalue weighted by molar-refractivity contribution is 5.50. The molecular formula is C13H18F3NO. The van der Waals surface area contributed by atoms with Crippen LogP contribution in [0.15, 0.2) is 18.2 Å². The minimum Gasteiger partial charge on any atom is -0.508 e. The van der Waals surface area contributed by atoms with Crippen LogP contribution >= 0.6 is 0 Å². The Morgan fingerprint density at radius 1 is 1.33 bits per heavy atom. The van der Waals surface area contributed by atoms with Crippen molar-refractivity contribution < 1.29 is 18.3 Å². The van der Waals surface area contributed by atoms with E-state index >= 15 is 0 Å². The minimum atomic E-state index is -4.07. The molecule has 2 nitrogen and oxygen atoms in total. The second-order valence-electron chi connectivity index (χ2n) is 4.55. The van der Waals surface area contributed by atoms with Gasteiger partial charge in [-0.05, 0) is 50.5 Å². The molecule has 0 aliphatic heterocycles. The number of anilines is 1. The number of benzene rings is 1. The fourth-order valence-corrected chi connectivity index (χ4v) is 1.71. The molecule has 1 atom stereocenters. The Labute approximate surface area is 105 Å². The van der Waals surface area contributed by atoms with Crippen LogP contribution in [-0.2, 0) is 0 Å². The number of hydrogen-bond donors (Lipinski definition) is 2. The molecule has 0 heterocycles. The monoisotopic (exact) mass is 261 g/mol. The van der Waals surface area contributed by atoms with Crippen LogP contribution in [0.4, 0.5) is 18.9 Å². The number of phenolic OH excluding ortho intramolecular Hbond substituents is 1. The van der Waals surface area contributed by atoms with Gasteiger partial charge in [0.2, 0.25) is 0 Å². The first-order chi connectivity index (χ1) is 8.28. The SMILES string of the molecule is Cc1cc(NC(C)CCCC(F)(F)F)ccc1O. The summed E-state index contributed by atoms with van der Waals surface area (Å²) < 4.78 is 35.9. The maximum absolute atomic E-state index is 12.0. The summed E-state index contributed by atoms with van der Waals surface area (Å²) >= 11 is 0. The van der Waals surface area contributed by atoms with E-state index in [-0.39, 0.29) is 18.2 Å². The molecule has 18 heavy (non-hydrogen) atoms. The van der Waals surface area contributed by atoms with Gasteiger partial charge in [0.1, 0.15) is 5.75 Å². The van der Waals surface area contributed by atoms with Gasteiger partial charge in [0.15, 0.2) is 0 Å². The fraction of sp³-hybridized carbons (Fsp3) is 0.538. The molecule has 0 fully saturated rings. The van der Waals surface area contributed by atoms with E-state index in [0.717, 1.165) is 11.3 Å². The van der Waals surface area contributed by atoms with E-state index in [1.165, 1.54) is 0 Å². The van der Waals surface area contributed by atoms with E-state index in [1.807, 2.05) is 6.92 Å². The van der Waals surface area contributed by atoms with Gasteiger partial charge in [-0.2, -0.15) is 13.2 Å². The van der Waals surface area contributed by atoms with Crippen molar-refractivity contribution in [3.05, 3.63) is 23.8 Å². The topological polar surface area (TPSA) is 32.3 Å². The van der Waals surface area contributed by atoms with Crippen LogP contribution in [0.5, 0.6) is 5.75 Å². The molecule has 1 unspecified atom stereocenters. The molecule has 0 spiro atoms. The maximum atomic E-state index is 12.0. The Morgan fingerprint density at radius 2 is 2.00 bits per heavy atom. The van der Waals surface area contributed by atoms with Crippen LogP contribution in [0, 0.1) is 6.92 Å². The first-order valence-corrected chi connectivity index (χ1v) is 5.91. The molecule has 0 saturated carbocycles. The van der Waals surface area contributed by atoms with Crippen molar-refractivity contribution in [1.29, 1.82) is 0 Å². The molecule has 1 aromatic rings. The fourth-order valence-electron chi connectivity index (χ4n) is 1.71. The maximum Gasteiger partial charge on any atom is 0.389 e. The molecule has 0 aromatic heterocycles. The molecule has 0 saturated heterocycles. The number of aryl methyl sites for hydroxylation is 1. The highest BCUT2D eigenvalue weighted by atomic mass is 19.4. The highest BCUT2D eigenvalue weighted by Crippen LogP contribution is 2.24. The smallest absolute Gasteiger partial charge is 0.389 e. The molecule has 0 bridgehead atoms. The van der Waals surface area contributed by atoms with Crippen molar-refractivity contribution in [3.8, 4) is 5.75 Å². The van der Waals surface area contributed by atoms with Crippen molar-refractivity contribution in [2.45, 2.75) is 45.3 Å². The van der Waals surface area contributed by atoms with Crippen molar-refractivity contribution in [3.63, 3.8) is 0 Å². The zero-order valence-electron chi connectivity index (χ0n) is 10.5. The van der Waals surface area contributed by atoms with E-state index in [9.17, 15) is 18.3 Å². The van der Waals surface area contributed by atoms with Gasteiger partial charge in [0.05, 0.1) is 0 Å². The number of hydrogen-bond acceptors (Lipinski definition) is 2. The summed E-state index contributed by atoms with van der Waals surface area (Å²) in [4.78, 5) is 0. The van der Waals surface area contributed by atoms with Crippen LogP contribution in [0.25, 0.3) is 0 Å². The van der Waals surface area contributed by atoms with Crippen molar-refractivity contribution in [2.24, 2.45) is 0 Å². The van der Waals surface area contributed by atoms with Crippen molar-refractivity contribution in [1.82, 2.24) is 0 Å². The van der Waals surface area contributed by atoms with Gasteiger partial charge in [-0.25, -0.2) is 0 Å². The Balaban J connectivity index is 2.40. The van der Waals surface area contributed by atoms with Gasteiger partial charge in [-0.1, -0.05) is 0 Å². The normalized spacial score (nSPS) is 13.4. The largest absolute Gasteiger partial charge is 0.508 e. The predicted octanol–water partition coefficient (Wildman–Crippen LogP) is 4.23. The van der Waals surface area contributed by atoms with E-state index in [1.54, 1.807) is 25.1 Å². The number of halogens is 3. The lowest BCUT2D eigenvalue weighted by Gasteiger charge is -2.16. The third-order valence-electron chi connectivity index (χ3n) is 2.71. The molecule has 5 heteroatoms. The predicted molar refractivity (Wildman–Crippen MR) is 65.8 cm³/mol. The average molecular weight is 261 g/mol. The minimum absolute atomic E-state index is 0.0312. The van der Waals surface area contributed by atoms with Crippen LogP contribution in [0.3, 0.4) is 0 Å². The van der Waals surface area contributed by atoms with Gasteiger partial charge >= 0.3 is 6.18 Å². The van der Waals surface area contributed by atoms with Crippen molar-refractivity contribution >= 4 is 5.69 Å². The average Bonchev–Trinajstić information content (AvgIpc) is 2.21. The number of rotatable bonds is 5. The first-order valence-electron chi connectivity index (χ1n) is 5.91.